The largest absolute Gasteiger partial charge is 0.347 e. The lowest BCUT2D eigenvalue weighted by Gasteiger charge is -2.25. The summed E-state index contributed by atoms with van der Waals surface area (Å²) in [5.74, 6) is 1.95. The van der Waals surface area contributed by atoms with Gasteiger partial charge < -0.3 is 9.88 Å². The van der Waals surface area contributed by atoms with Gasteiger partial charge in [0.15, 0.2) is 0 Å². The second kappa shape index (κ2) is 6.89. The Morgan fingerprint density at radius 2 is 1.76 bits per heavy atom. The molecule has 1 aliphatic heterocycles. The highest BCUT2D eigenvalue weighted by Gasteiger charge is 2.24. The fraction of sp³-hybridized carbons (Fsp3) is 0.250. The van der Waals surface area contributed by atoms with E-state index in [0.717, 1.165) is 37.5 Å². The molecule has 126 valence electrons. The number of amides is 1. The van der Waals surface area contributed by atoms with E-state index in [-0.39, 0.29) is 11.9 Å². The smallest absolute Gasteiger partial charge is 0.251 e. The van der Waals surface area contributed by atoms with Crippen molar-refractivity contribution in [1.29, 1.82) is 0 Å². The van der Waals surface area contributed by atoms with Gasteiger partial charge in [0, 0.05) is 31.0 Å². The van der Waals surface area contributed by atoms with E-state index in [2.05, 4.69) is 32.2 Å². The molecule has 1 amide bonds. The van der Waals surface area contributed by atoms with Crippen molar-refractivity contribution in [1.82, 2.24) is 20.1 Å². The first-order valence-corrected chi connectivity index (χ1v) is 8.60. The van der Waals surface area contributed by atoms with E-state index in [1.54, 1.807) is 0 Å². The molecule has 0 unspecified atom stereocenters. The van der Waals surface area contributed by atoms with E-state index < -0.39 is 0 Å². The normalized spacial score (nSPS) is 16.2. The van der Waals surface area contributed by atoms with Crippen LogP contribution < -0.4 is 5.32 Å². The van der Waals surface area contributed by atoms with Gasteiger partial charge in [-0.3, -0.25) is 4.79 Å². The molecule has 0 bridgehead atoms. The topological polar surface area (TPSA) is 59.8 Å². The van der Waals surface area contributed by atoms with Gasteiger partial charge in [-0.15, -0.1) is 10.2 Å². The molecule has 0 aliphatic carbocycles. The third-order valence-electron chi connectivity index (χ3n) is 4.60. The minimum atomic E-state index is -0.0215. The lowest BCUT2D eigenvalue weighted by Crippen LogP contribution is -2.41. The van der Waals surface area contributed by atoms with Crippen LogP contribution in [0, 0.1) is 0 Å². The molecule has 2 aromatic carbocycles. The number of hydrogen-bond donors (Lipinski definition) is 1. The van der Waals surface area contributed by atoms with Crippen molar-refractivity contribution in [3.05, 3.63) is 83.4 Å². The highest BCUT2D eigenvalue weighted by molar-refractivity contribution is 5.94. The molecule has 1 N–H and O–H groups in total. The molecule has 0 fully saturated rings. The Hall–Kier alpha value is -2.95. The van der Waals surface area contributed by atoms with Crippen LogP contribution in [0.2, 0.25) is 0 Å². The summed E-state index contributed by atoms with van der Waals surface area (Å²) in [6, 6.07) is 19.7. The van der Waals surface area contributed by atoms with Crippen LogP contribution in [0.5, 0.6) is 0 Å². The van der Waals surface area contributed by atoms with Crippen molar-refractivity contribution in [3.63, 3.8) is 0 Å². The average molecular weight is 332 g/mol. The Morgan fingerprint density at radius 1 is 1.04 bits per heavy atom. The molecule has 3 aromatic rings. The van der Waals surface area contributed by atoms with Crippen LogP contribution in [0.15, 0.2) is 60.7 Å². The van der Waals surface area contributed by atoms with Crippen molar-refractivity contribution in [3.8, 4) is 0 Å². The zero-order valence-electron chi connectivity index (χ0n) is 13.9. The number of nitrogens with zero attached hydrogens (tertiary/aromatic N) is 3. The SMILES string of the molecule is O=C(N[C@@H]1CCc2nnc(Cc3ccccc3)n2C1)c1ccccc1. The lowest BCUT2D eigenvalue weighted by atomic mass is 10.1. The van der Waals surface area contributed by atoms with E-state index in [4.69, 9.17) is 0 Å². The monoisotopic (exact) mass is 332 g/mol. The van der Waals surface area contributed by atoms with E-state index in [9.17, 15) is 4.79 Å². The van der Waals surface area contributed by atoms with Crippen LogP contribution in [0.3, 0.4) is 0 Å². The number of benzene rings is 2. The van der Waals surface area contributed by atoms with E-state index >= 15 is 0 Å². The predicted octanol–water partition coefficient (Wildman–Crippen LogP) is 2.61. The van der Waals surface area contributed by atoms with Gasteiger partial charge in [-0.2, -0.15) is 0 Å². The minimum Gasteiger partial charge on any atom is -0.347 e. The molecule has 0 radical (unpaired) electrons. The van der Waals surface area contributed by atoms with Crippen LogP contribution in [-0.4, -0.2) is 26.7 Å². The minimum absolute atomic E-state index is 0.0215. The number of aryl methyl sites for hydroxylation is 1. The summed E-state index contributed by atoms with van der Waals surface area (Å²) < 4.78 is 2.16. The maximum atomic E-state index is 12.4. The molecule has 4 rings (SSSR count). The highest BCUT2D eigenvalue weighted by atomic mass is 16.1. The Morgan fingerprint density at radius 3 is 2.52 bits per heavy atom. The van der Waals surface area contributed by atoms with E-state index in [1.165, 1.54) is 5.56 Å². The van der Waals surface area contributed by atoms with Gasteiger partial charge in [0.2, 0.25) is 0 Å². The van der Waals surface area contributed by atoms with E-state index in [0.29, 0.717) is 5.56 Å². The van der Waals surface area contributed by atoms with Gasteiger partial charge >= 0.3 is 0 Å². The summed E-state index contributed by atoms with van der Waals surface area (Å²) in [7, 11) is 0. The third kappa shape index (κ3) is 3.45. The second-order valence-corrected chi connectivity index (χ2v) is 6.38. The molecule has 25 heavy (non-hydrogen) atoms. The summed E-state index contributed by atoms with van der Waals surface area (Å²) in [4.78, 5) is 12.4. The number of hydrogen-bond acceptors (Lipinski definition) is 3. The summed E-state index contributed by atoms with van der Waals surface area (Å²) in [6.45, 7) is 0.725. The van der Waals surface area contributed by atoms with Gasteiger partial charge in [-0.1, -0.05) is 48.5 Å². The van der Waals surface area contributed by atoms with Gasteiger partial charge in [-0.05, 0) is 24.1 Å². The Labute approximate surface area is 146 Å². The van der Waals surface area contributed by atoms with Gasteiger partial charge in [0.1, 0.15) is 11.6 Å². The fourth-order valence-electron chi connectivity index (χ4n) is 3.27. The first-order chi connectivity index (χ1) is 12.3. The summed E-state index contributed by atoms with van der Waals surface area (Å²) in [5, 5.41) is 11.8. The Kier molecular flexibility index (Phi) is 4.29. The molecule has 5 nitrogen and oxygen atoms in total. The molecular weight excluding hydrogens is 312 g/mol. The van der Waals surface area contributed by atoms with Crippen LogP contribution in [0.25, 0.3) is 0 Å². The highest BCUT2D eigenvalue weighted by Crippen LogP contribution is 2.18. The quantitative estimate of drug-likeness (QED) is 0.799. The molecule has 0 spiro atoms. The maximum absolute atomic E-state index is 12.4. The maximum Gasteiger partial charge on any atom is 0.251 e. The summed E-state index contributed by atoms with van der Waals surface area (Å²) in [6.07, 6.45) is 2.48. The molecule has 1 aromatic heterocycles. The number of carbonyl (C=O) groups is 1. The zero-order valence-corrected chi connectivity index (χ0v) is 13.9. The van der Waals surface area contributed by atoms with Crippen molar-refractivity contribution in [2.45, 2.75) is 31.8 Å². The lowest BCUT2D eigenvalue weighted by molar-refractivity contribution is 0.0927. The molecular formula is C20H20N4O. The van der Waals surface area contributed by atoms with Gasteiger partial charge in [0.25, 0.3) is 5.91 Å². The molecule has 0 saturated heterocycles. The van der Waals surface area contributed by atoms with Crippen LogP contribution in [0.1, 0.15) is 34.0 Å². The Balaban J connectivity index is 1.47. The van der Waals surface area contributed by atoms with Crippen LogP contribution in [-0.2, 0) is 19.4 Å². The third-order valence-corrected chi connectivity index (χ3v) is 4.60. The van der Waals surface area contributed by atoms with Crippen molar-refractivity contribution < 1.29 is 4.79 Å². The molecule has 5 heteroatoms. The number of carbonyl (C=O) groups excluding carboxylic acids is 1. The van der Waals surface area contributed by atoms with Crippen molar-refractivity contribution in [2.24, 2.45) is 0 Å². The van der Waals surface area contributed by atoms with Crippen LogP contribution >= 0.6 is 0 Å². The summed E-state index contributed by atoms with van der Waals surface area (Å²) in [5.41, 5.74) is 1.91. The summed E-state index contributed by atoms with van der Waals surface area (Å²) >= 11 is 0. The number of nitrogens with one attached hydrogen (secondary N) is 1. The van der Waals surface area contributed by atoms with Gasteiger partial charge in [-0.25, -0.2) is 0 Å². The standard InChI is InChI=1S/C20H20N4O/c25-20(16-9-5-2-6-10-16)21-17-11-12-18-22-23-19(24(18)14-17)13-15-7-3-1-4-8-15/h1-10,17H,11-14H2,(H,21,25)/t17-/m1/s1. The first kappa shape index (κ1) is 15.6. The molecule has 2 heterocycles. The number of aromatic nitrogens is 3. The number of rotatable bonds is 4. The fourth-order valence-corrected chi connectivity index (χ4v) is 3.27. The molecule has 1 aliphatic rings. The first-order valence-electron chi connectivity index (χ1n) is 8.60. The molecule has 1 atom stereocenters. The van der Waals surface area contributed by atoms with E-state index in [1.807, 2.05) is 48.5 Å². The number of fused-ring (bicyclic) bond motifs is 1. The Bertz CT molecular complexity index is 858. The van der Waals surface area contributed by atoms with Crippen molar-refractivity contribution >= 4 is 5.91 Å². The molecule has 0 saturated carbocycles. The predicted molar refractivity (Wildman–Crippen MR) is 95.3 cm³/mol. The van der Waals surface area contributed by atoms with Gasteiger partial charge in [0.05, 0.1) is 0 Å². The van der Waals surface area contributed by atoms with Crippen molar-refractivity contribution in [2.75, 3.05) is 0 Å². The average Bonchev–Trinajstić information content (AvgIpc) is 3.05. The van der Waals surface area contributed by atoms with Crippen LogP contribution in [0.4, 0.5) is 0 Å². The second-order valence-electron chi connectivity index (χ2n) is 6.38. The zero-order chi connectivity index (χ0) is 17.1.